The molecule has 0 bridgehead atoms. The van der Waals surface area contributed by atoms with Crippen molar-refractivity contribution in [3.05, 3.63) is 58.5 Å². The van der Waals surface area contributed by atoms with Crippen molar-refractivity contribution in [2.45, 2.75) is 53.0 Å². The second-order valence-corrected chi connectivity index (χ2v) is 8.78. The summed E-state index contributed by atoms with van der Waals surface area (Å²) in [5.41, 5.74) is 4.39. The van der Waals surface area contributed by atoms with Crippen LogP contribution in [0.2, 0.25) is 0 Å². The molecule has 0 saturated carbocycles. The van der Waals surface area contributed by atoms with Crippen molar-refractivity contribution in [2.75, 3.05) is 0 Å². The van der Waals surface area contributed by atoms with Gasteiger partial charge in [-0.2, -0.15) is 15.0 Å². The molecule has 2 aromatic carbocycles. The topological polar surface area (TPSA) is 60.1 Å². The summed E-state index contributed by atoms with van der Waals surface area (Å²) >= 11 is 0. The normalized spacial score (nSPS) is 12.5. The highest BCUT2D eigenvalue weighted by molar-refractivity contribution is 5.73. The maximum absolute atomic E-state index is 11.3. The van der Waals surface area contributed by atoms with Crippen molar-refractivity contribution in [1.29, 1.82) is 0 Å². The predicted molar refractivity (Wildman–Crippen MR) is 106 cm³/mol. The molecule has 0 atom stereocenters. The van der Waals surface area contributed by atoms with Crippen molar-refractivity contribution < 1.29 is 0 Å². The van der Waals surface area contributed by atoms with Crippen LogP contribution in [0.25, 0.3) is 11.0 Å². The highest BCUT2D eigenvalue weighted by Gasteiger charge is 2.28. The first-order valence-electron chi connectivity index (χ1n) is 8.95. The first-order chi connectivity index (χ1) is 12.2. The van der Waals surface area contributed by atoms with Gasteiger partial charge in [0.25, 0.3) is 0 Å². The van der Waals surface area contributed by atoms with Gasteiger partial charge in [-0.1, -0.05) is 58.9 Å². The fourth-order valence-electron chi connectivity index (χ4n) is 3.78. The number of benzene rings is 2. The smallest absolute Gasteiger partial charge is 0.113 e. The lowest BCUT2D eigenvalue weighted by atomic mass is 9.72. The number of nitrogens with zero attached hydrogens (tertiary/aromatic N) is 4. The van der Waals surface area contributed by atoms with Gasteiger partial charge in [-0.25, -0.2) is 0 Å². The minimum Gasteiger partial charge on any atom is -0.179 e. The highest BCUT2D eigenvalue weighted by atomic mass is 16.3. The Bertz CT molecular complexity index is 902. The molecule has 3 aromatic rings. The zero-order valence-electron chi connectivity index (χ0n) is 16.2. The van der Waals surface area contributed by atoms with Crippen LogP contribution in [0.1, 0.15) is 52.2 Å². The van der Waals surface area contributed by atoms with Crippen LogP contribution < -0.4 is 0 Å². The molecule has 0 aliphatic carbocycles. The Hall–Kier alpha value is -2.56. The molecule has 0 spiro atoms. The average molecular weight is 350 g/mol. The summed E-state index contributed by atoms with van der Waals surface area (Å²) in [5.74, 6) is 0. The van der Waals surface area contributed by atoms with E-state index >= 15 is 0 Å². The number of nitroso groups, excluding NO2 is 1. The molecule has 1 aromatic heterocycles. The minimum absolute atomic E-state index is 0.00330. The van der Waals surface area contributed by atoms with Crippen LogP contribution >= 0.6 is 0 Å². The molecule has 136 valence electrons. The number of aromatic nitrogens is 3. The average Bonchev–Trinajstić information content (AvgIpc) is 2.94. The molecule has 0 unspecified atom stereocenters. The van der Waals surface area contributed by atoms with Crippen molar-refractivity contribution in [2.24, 2.45) is 10.6 Å². The summed E-state index contributed by atoms with van der Waals surface area (Å²) in [5, 5.41) is 12.2. The lowest BCUT2D eigenvalue weighted by Crippen LogP contribution is -2.25. The molecule has 0 aliphatic heterocycles. The maximum atomic E-state index is 11.3. The van der Waals surface area contributed by atoms with Gasteiger partial charge in [0.15, 0.2) is 0 Å². The van der Waals surface area contributed by atoms with E-state index in [0.717, 1.165) is 23.0 Å². The van der Waals surface area contributed by atoms with Crippen LogP contribution in [0.3, 0.4) is 0 Å². The van der Waals surface area contributed by atoms with Gasteiger partial charge in [0, 0.05) is 5.56 Å². The van der Waals surface area contributed by atoms with Crippen LogP contribution in [0.4, 0.5) is 5.69 Å². The third-order valence-electron chi connectivity index (χ3n) is 4.57. The largest absolute Gasteiger partial charge is 0.179 e. The Morgan fingerprint density at radius 1 is 0.962 bits per heavy atom. The molecule has 1 heterocycles. The fraction of sp³-hybridized carbons (Fsp3) is 0.429. The quantitative estimate of drug-likeness (QED) is 0.563. The summed E-state index contributed by atoms with van der Waals surface area (Å²) in [6, 6.07) is 13.6. The zero-order chi connectivity index (χ0) is 18.9. The van der Waals surface area contributed by atoms with Gasteiger partial charge in [0.2, 0.25) is 0 Å². The van der Waals surface area contributed by atoms with Crippen LogP contribution in [0, 0.1) is 10.3 Å². The molecule has 3 rings (SSSR count). The molecule has 5 nitrogen and oxygen atoms in total. The van der Waals surface area contributed by atoms with E-state index in [1.54, 1.807) is 4.80 Å². The molecule has 0 radical (unpaired) electrons. The molecule has 0 fully saturated rings. The predicted octanol–water partition coefficient (Wildman–Crippen LogP) is 5.59. The van der Waals surface area contributed by atoms with Gasteiger partial charge in [-0.3, -0.25) is 0 Å². The summed E-state index contributed by atoms with van der Waals surface area (Å²) in [6.45, 7) is 11.6. The summed E-state index contributed by atoms with van der Waals surface area (Å²) < 4.78 is 0. The first-order valence-corrected chi connectivity index (χ1v) is 8.95. The second kappa shape index (κ2) is 6.63. The zero-order valence-corrected chi connectivity index (χ0v) is 16.2. The van der Waals surface area contributed by atoms with E-state index in [9.17, 15) is 4.91 Å². The highest BCUT2D eigenvalue weighted by Crippen LogP contribution is 2.37. The Morgan fingerprint density at radius 2 is 1.58 bits per heavy atom. The van der Waals surface area contributed by atoms with Crippen molar-refractivity contribution in [3.63, 3.8) is 0 Å². The van der Waals surface area contributed by atoms with Gasteiger partial charge < -0.3 is 0 Å². The molecule has 0 N–H and O–H groups in total. The molecule has 26 heavy (non-hydrogen) atoms. The number of rotatable bonds is 5. The number of hydrogen-bond acceptors (Lipinski definition) is 4. The Balaban J connectivity index is 1.96. The summed E-state index contributed by atoms with van der Waals surface area (Å²) in [6.07, 6.45) is 1.04. The van der Waals surface area contributed by atoms with Gasteiger partial charge >= 0.3 is 0 Å². The molecule has 5 heteroatoms. The third kappa shape index (κ3) is 3.98. The summed E-state index contributed by atoms with van der Waals surface area (Å²) in [4.78, 5) is 12.9. The van der Waals surface area contributed by atoms with Gasteiger partial charge in [0.05, 0.1) is 6.54 Å². The van der Waals surface area contributed by atoms with Crippen molar-refractivity contribution in [1.82, 2.24) is 15.0 Å². The van der Waals surface area contributed by atoms with Crippen LogP contribution in [-0.4, -0.2) is 15.0 Å². The molecular formula is C21H26N4O. The van der Waals surface area contributed by atoms with E-state index in [2.05, 4.69) is 56.1 Å². The van der Waals surface area contributed by atoms with E-state index in [1.807, 2.05) is 36.4 Å². The van der Waals surface area contributed by atoms with Crippen molar-refractivity contribution in [3.8, 4) is 0 Å². The van der Waals surface area contributed by atoms with E-state index < -0.39 is 0 Å². The van der Waals surface area contributed by atoms with Crippen LogP contribution in [0.5, 0.6) is 0 Å². The second-order valence-electron chi connectivity index (χ2n) is 8.78. The number of hydrogen-bond donors (Lipinski definition) is 0. The van der Waals surface area contributed by atoms with E-state index in [4.69, 9.17) is 0 Å². The molecular weight excluding hydrogens is 324 g/mol. The lowest BCUT2D eigenvalue weighted by Gasteiger charge is -2.33. The minimum atomic E-state index is -0.00330. The standard InChI is InChI=1S/C21H26N4O/c1-20(2,3)14-21(4,5)16-10-11-17(24-26)15(12-16)13-25-22-18-8-6-7-9-19(18)23-25/h6-12H,13-14H2,1-5H3. The number of fused-ring (bicyclic) bond motifs is 1. The Morgan fingerprint density at radius 3 is 2.12 bits per heavy atom. The van der Waals surface area contributed by atoms with E-state index in [-0.39, 0.29) is 10.8 Å². The third-order valence-corrected chi connectivity index (χ3v) is 4.57. The first kappa shape index (κ1) is 18.2. The van der Waals surface area contributed by atoms with E-state index in [1.165, 1.54) is 5.56 Å². The fourth-order valence-corrected chi connectivity index (χ4v) is 3.78. The summed E-state index contributed by atoms with van der Waals surface area (Å²) in [7, 11) is 0. The van der Waals surface area contributed by atoms with Gasteiger partial charge in [-0.05, 0) is 46.2 Å². The monoisotopic (exact) mass is 350 g/mol. The molecule has 0 saturated heterocycles. The Labute approximate surface area is 154 Å². The van der Waals surface area contributed by atoms with Gasteiger partial charge in [0.1, 0.15) is 16.7 Å². The molecule has 0 amide bonds. The van der Waals surface area contributed by atoms with Gasteiger partial charge in [-0.15, -0.1) is 4.91 Å². The molecule has 0 aliphatic rings. The lowest BCUT2D eigenvalue weighted by molar-refractivity contribution is 0.284. The maximum Gasteiger partial charge on any atom is 0.113 e. The van der Waals surface area contributed by atoms with Crippen molar-refractivity contribution >= 4 is 16.7 Å². The van der Waals surface area contributed by atoms with Crippen LogP contribution in [0.15, 0.2) is 47.6 Å². The SMILES string of the molecule is CC(C)(C)CC(C)(C)c1ccc(N=O)c(Cn2nc3ccccc3n2)c1. The van der Waals surface area contributed by atoms with E-state index in [0.29, 0.717) is 12.2 Å². The van der Waals surface area contributed by atoms with Crippen LogP contribution in [-0.2, 0) is 12.0 Å². The Kier molecular flexibility index (Phi) is 4.65.